The Morgan fingerprint density at radius 2 is 2.00 bits per heavy atom. The van der Waals surface area contributed by atoms with E-state index in [0.717, 1.165) is 11.3 Å². The molecule has 0 aromatic carbocycles. The van der Waals surface area contributed by atoms with Gasteiger partial charge in [0.25, 0.3) is 17.7 Å². The average Bonchev–Trinajstić information content (AvgIpc) is 3.17. The van der Waals surface area contributed by atoms with E-state index in [2.05, 4.69) is 20.2 Å². The Labute approximate surface area is 197 Å². The van der Waals surface area contributed by atoms with Gasteiger partial charge in [0, 0.05) is 18.5 Å². The molecule has 0 bridgehead atoms. The Morgan fingerprint density at radius 3 is 2.50 bits per heavy atom. The van der Waals surface area contributed by atoms with Crippen LogP contribution in [0.4, 0.5) is 9.93 Å². The molecule has 1 aliphatic rings. The molecule has 2 heterocycles. The van der Waals surface area contributed by atoms with Crippen molar-refractivity contribution in [1.29, 1.82) is 0 Å². The molecule has 1 aromatic rings. The number of nitrogens with one attached hydrogen (secondary N) is 1. The van der Waals surface area contributed by atoms with Crippen LogP contribution < -0.4 is 16.8 Å². The molecule has 2 atom stereocenters. The molecule has 2 rings (SSSR count). The third-order valence-electron chi connectivity index (χ3n) is 4.54. The number of hydrogen-bond donors (Lipinski definition) is 4. The Bertz CT molecular complexity index is 1080. The fourth-order valence-corrected chi connectivity index (χ4v) is 4.34. The molecular formula is C16H23N7O9S2. The number of anilines is 1. The van der Waals surface area contributed by atoms with Crippen molar-refractivity contribution in [3.63, 3.8) is 0 Å². The smallest absolute Gasteiger partial charge is 0.404 e. The van der Waals surface area contributed by atoms with Gasteiger partial charge in [-0.25, -0.2) is 14.1 Å². The normalized spacial score (nSPS) is 18.1. The highest BCUT2D eigenvalue weighted by atomic mass is 32.2. The average molecular weight is 522 g/mol. The summed E-state index contributed by atoms with van der Waals surface area (Å²) >= 11 is 0.973. The molecule has 0 saturated carbocycles. The number of carbonyl (C=O) groups excluding carboxylic acids is 4. The number of nitrogen functional groups attached to an aromatic ring is 1. The van der Waals surface area contributed by atoms with E-state index in [4.69, 9.17) is 16.3 Å². The van der Waals surface area contributed by atoms with Crippen LogP contribution in [0, 0.1) is 0 Å². The van der Waals surface area contributed by atoms with Gasteiger partial charge in [0.15, 0.2) is 17.5 Å². The predicted octanol–water partition coefficient (Wildman–Crippen LogP) is -2.09. The lowest BCUT2D eigenvalue weighted by atomic mass is 9.99. The van der Waals surface area contributed by atoms with Gasteiger partial charge in [0.1, 0.15) is 24.4 Å². The summed E-state index contributed by atoms with van der Waals surface area (Å²) in [6.45, 7) is 3.17. The molecule has 1 saturated heterocycles. The second-order valence-corrected chi connectivity index (χ2v) is 8.79. The number of primary amides is 1. The van der Waals surface area contributed by atoms with Gasteiger partial charge in [-0.3, -0.25) is 18.9 Å². The van der Waals surface area contributed by atoms with E-state index in [1.807, 2.05) is 0 Å². The molecule has 0 radical (unpaired) electrons. The molecule has 1 fully saturated rings. The monoisotopic (exact) mass is 521 g/mol. The topological polar surface area (TPSA) is 237 Å². The molecule has 6 N–H and O–H groups in total. The van der Waals surface area contributed by atoms with Crippen LogP contribution in [0.3, 0.4) is 0 Å². The number of hydrogen-bond acceptors (Lipinski definition) is 12. The number of β-lactam (4-membered cyclic amide) rings is 1. The molecule has 2 unspecified atom stereocenters. The maximum absolute atomic E-state index is 12.9. The van der Waals surface area contributed by atoms with Crippen LogP contribution in [0.25, 0.3) is 0 Å². The maximum Gasteiger partial charge on any atom is 0.404 e. The Kier molecular flexibility index (Phi) is 8.71. The van der Waals surface area contributed by atoms with Gasteiger partial charge in [-0.2, -0.15) is 8.42 Å². The van der Waals surface area contributed by atoms with E-state index in [0.29, 0.717) is 13.1 Å². The minimum atomic E-state index is -5.01. The van der Waals surface area contributed by atoms with Crippen molar-refractivity contribution in [3.8, 4) is 0 Å². The van der Waals surface area contributed by atoms with Gasteiger partial charge in [-0.1, -0.05) is 5.16 Å². The van der Waals surface area contributed by atoms with E-state index < -0.39 is 65.1 Å². The van der Waals surface area contributed by atoms with E-state index in [-0.39, 0.29) is 15.1 Å². The number of nitrogens with two attached hydrogens (primary N) is 2. The number of ether oxygens (including phenoxy) is 1. The lowest BCUT2D eigenvalue weighted by Gasteiger charge is -2.43. The van der Waals surface area contributed by atoms with Crippen molar-refractivity contribution < 1.29 is 41.7 Å². The summed E-state index contributed by atoms with van der Waals surface area (Å²) in [6.07, 6.45) is -1.27. The van der Waals surface area contributed by atoms with Gasteiger partial charge < -0.3 is 31.3 Å². The molecule has 0 aliphatic carbocycles. The summed E-state index contributed by atoms with van der Waals surface area (Å²) < 4.78 is 36.7. The van der Waals surface area contributed by atoms with Crippen molar-refractivity contribution in [2.45, 2.75) is 25.9 Å². The number of oxime groups is 1. The Hall–Kier alpha value is -3.51. The summed E-state index contributed by atoms with van der Waals surface area (Å²) in [5.74, 6) is -2.64. The van der Waals surface area contributed by atoms with E-state index in [9.17, 15) is 32.1 Å². The third-order valence-corrected chi connectivity index (χ3v) is 6.16. The molecule has 16 nitrogen and oxygen atoms in total. The van der Waals surface area contributed by atoms with Crippen molar-refractivity contribution in [2.75, 3.05) is 32.0 Å². The Morgan fingerprint density at radius 1 is 1.35 bits per heavy atom. The Balaban J connectivity index is 2.23. The second-order valence-electron chi connectivity index (χ2n) is 6.61. The van der Waals surface area contributed by atoms with Gasteiger partial charge in [0.05, 0.1) is 0 Å². The molecule has 188 valence electrons. The first-order valence-electron chi connectivity index (χ1n) is 9.63. The quantitative estimate of drug-likeness (QED) is 0.106. The van der Waals surface area contributed by atoms with Crippen LogP contribution in [-0.2, 0) is 34.3 Å². The zero-order chi connectivity index (χ0) is 25.6. The first-order chi connectivity index (χ1) is 15.9. The molecule has 18 heteroatoms. The third kappa shape index (κ3) is 6.29. The van der Waals surface area contributed by atoms with Gasteiger partial charge in [-0.05, 0) is 13.8 Å². The number of carbonyl (C=O) groups is 4. The van der Waals surface area contributed by atoms with Crippen molar-refractivity contribution in [3.05, 3.63) is 11.1 Å². The number of aromatic nitrogens is 1. The summed E-state index contributed by atoms with van der Waals surface area (Å²) in [4.78, 5) is 58.5. The lowest BCUT2D eigenvalue weighted by molar-refractivity contribution is -0.146. The summed E-state index contributed by atoms with van der Waals surface area (Å²) in [6, 6.07) is -3.02. The van der Waals surface area contributed by atoms with E-state index in [1.165, 1.54) is 10.3 Å². The molecule has 1 aliphatic heterocycles. The van der Waals surface area contributed by atoms with Crippen molar-refractivity contribution >= 4 is 56.3 Å². The first-order valence-corrected chi connectivity index (χ1v) is 11.9. The fraction of sp³-hybridized carbons (Fsp3) is 0.500. The summed E-state index contributed by atoms with van der Waals surface area (Å²) in [7, 11) is -5.01. The van der Waals surface area contributed by atoms with Gasteiger partial charge in [-0.15, -0.1) is 11.3 Å². The highest BCUT2D eigenvalue weighted by Gasteiger charge is 2.54. The SMILES string of the molecule is CCN(CC)C(=O)CO/N=C(\C(=O)NC1C(=O)N(S(=O)(=O)O)C1COC(N)=O)c1csc(N)n1. The summed E-state index contributed by atoms with van der Waals surface area (Å²) in [5.41, 5.74) is 9.93. The van der Waals surface area contributed by atoms with Crippen molar-refractivity contribution in [1.82, 2.24) is 19.5 Å². The molecule has 1 aromatic heterocycles. The lowest BCUT2D eigenvalue weighted by Crippen LogP contribution is -2.73. The van der Waals surface area contributed by atoms with Crippen molar-refractivity contribution in [2.24, 2.45) is 10.9 Å². The number of likely N-dealkylation sites (N-methyl/N-ethyl adjacent to an activating group) is 1. The number of amides is 4. The molecular weight excluding hydrogens is 498 g/mol. The molecule has 4 amide bonds. The molecule has 34 heavy (non-hydrogen) atoms. The zero-order valence-electron chi connectivity index (χ0n) is 18.0. The van der Waals surface area contributed by atoms with Crippen LogP contribution in [0.5, 0.6) is 0 Å². The highest BCUT2D eigenvalue weighted by Crippen LogP contribution is 2.24. The van der Waals surface area contributed by atoms with Gasteiger partial charge >= 0.3 is 16.4 Å². The predicted molar refractivity (Wildman–Crippen MR) is 117 cm³/mol. The zero-order valence-corrected chi connectivity index (χ0v) is 19.7. The second kappa shape index (κ2) is 11.1. The highest BCUT2D eigenvalue weighted by molar-refractivity contribution is 7.84. The van der Waals surface area contributed by atoms with Gasteiger partial charge in [0.2, 0.25) is 0 Å². The maximum atomic E-state index is 12.9. The largest absolute Gasteiger partial charge is 0.447 e. The molecule has 0 spiro atoms. The number of rotatable bonds is 11. The van der Waals surface area contributed by atoms with Crippen LogP contribution in [0.2, 0.25) is 0 Å². The summed E-state index contributed by atoms with van der Waals surface area (Å²) in [5, 5.41) is 7.31. The van der Waals surface area contributed by atoms with Crippen LogP contribution in [0.15, 0.2) is 10.5 Å². The van der Waals surface area contributed by atoms with Crippen LogP contribution in [-0.4, -0.2) is 95.1 Å². The minimum absolute atomic E-state index is 0.0256. The van der Waals surface area contributed by atoms with E-state index in [1.54, 1.807) is 13.8 Å². The fourth-order valence-electron chi connectivity index (χ4n) is 2.92. The minimum Gasteiger partial charge on any atom is -0.447 e. The first kappa shape index (κ1) is 26.7. The van der Waals surface area contributed by atoms with E-state index >= 15 is 0 Å². The van der Waals surface area contributed by atoms with Crippen LogP contribution >= 0.6 is 11.3 Å². The standard InChI is InChI=1S/C16H23N7O9S2/c1-3-22(4-2)10(24)6-32-21-11(8-7-33-15(17)19-8)13(25)20-12-9(5-31-16(18)27)23(14(12)26)34(28,29)30/h7,9,12H,3-6H2,1-2H3,(H2,17,19)(H2,18,27)(H,20,25)(H,28,29,30)/b21-11-. The van der Waals surface area contributed by atoms with Crippen LogP contribution in [0.1, 0.15) is 19.5 Å². The number of thiazole rings is 1. The number of nitrogens with zero attached hydrogens (tertiary/aromatic N) is 4.